The first kappa shape index (κ1) is 15.5. The van der Waals surface area contributed by atoms with Gasteiger partial charge in [-0.15, -0.1) is 13.2 Å². The Morgan fingerprint density at radius 1 is 1.20 bits per heavy atom. The van der Waals surface area contributed by atoms with Crippen LogP contribution < -0.4 is 10.1 Å². The highest BCUT2D eigenvalue weighted by Gasteiger charge is 2.32. The Kier molecular flexibility index (Phi) is 5.18. The summed E-state index contributed by atoms with van der Waals surface area (Å²) < 4.78 is 41.8. The first-order valence-corrected chi connectivity index (χ1v) is 7.52. The summed E-state index contributed by atoms with van der Waals surface area (Å²) in [6.07, 6.45) is 1.27. The van der Waals surface area contributed by atoms with Crippen molar-refractivity contribution in [3.8, 4) is 5.75 Å². The second-order valence-electron chi connectivity index (χ2n) is 5.07. The van der Waals surface area contributed by atoms with Crippen LogP contribution in [0.5, 0.6) is 5.75 Å². The van der Waals surface area contributed by atoms with E-state index in [9.17, 15) is 13.2 Å². The largest absolute Gasteiger partial charge is 0.573 e. The summed E-state index contributed by atoms with van der Waals surface area (Å²) in [6, 6.07) is 4.64. The maximum absolute atomic E-state index is 12.4. The van der Waals surface area contributed by atoms with E-state index in [-0.39, 0.29) is 5.75 Å². The van der Waals surface area contributed by atoms with Gasteiger partial charge in [-0.25, -0.2) is 0 Å². The number of rotatable bonds is 4. The van der Waals surface area contributed by atoms with Crippen molar-refractivity contribution < 1.29 is 17.9 Å². The molecule has 112 valence electrons. The molecule has 0 radical (unpaired) electrons. The van der Waals surface area contributed by atoms with E-state index in [0.717, 1.165) is 12.8 Å². The summed E-state index contributed by atoms with van der Waals surface area (Å²) in [7, 11) is 0. The molecule has 1 aromatic rings. The van der Waals surface area contributed by atoms with Crippen LogP contribution in [0.25, 0.3) is 0 Å². The van der Waals surface area contributed by atoms with Crippen LogP contribution in [0.2, 0.25) is 0 Å². The van der Waals surface area contributed by atoms with Crippen molar-refractivity contribution in [1.29, 1.82) is 0 Å². The molecule has 1 saturated carbocycles. The quantitative estimate of drug-likeness (QED) is 0.790. The third-order valence-electron chi connectivity index (χ3n) is 3.48. The Morgan fingerprint density at radius 2 is 1.90 bits per heavy atom. The van der Waals surface area contributed by atoms with Crippen molar-refractivity contribution in [1.82, 2.24) is 0 Å². The number of anilines is 1. The van der Waals surface area contributed by atoms with Crippen molar-refractivity contribution in [3.05, 3.63) is 22.7 Å². The summed E-state index contributed by atoms with van der Waals surface area (Å²) in [4.78, 5) is 0. The molecule has 1 aliphatic carbocycles. The smallest absolute Gasteiger partial charge is 0.404 e. The second kappa shape index (κ2) is 6.70. The van der Waals surface area contributed by atoms with E-state index < -0.39 is 6.36 Å². The molecule has 1 N–H and O–H groups in total. The molecule has 0 amide bonds. The lowest BCUT2D eigenvalue weighted by Gasteiger charge is -2.23. The average molecular weight is 352 g/mol. The highest BCUT2D eigenvalue weighted by Crippen LogP contribution is 2.33. The fourth-order valence-corrected chi connectivity index (χ4v) is 2.84. The Balaban J connectivity index is 2.02. The molecule has 0 bridgehead atoms. The van der Waals surface area contributed by atoms with Crippen molar-refractivity contribution >= 4 is 21.6 Å². The van der Waals surface area contributed by atoms with Gasteiger partial charge >= 0.3 is 6.36 Å². The molecule has 6 heteroatoms. The number of halogens is 4. The molecule has 0 unspecified atom stereocenters. The van der Waals surface area contributed by atoms with E-state index in [1.165, 1.54) is 25.3 Å². The number of nitrogens with one attached hydrogen (secondary N) is 1. The van der Waals surface area contributed by atoms with Gasteiger partial charge in [0.15, 0.2) is 5.75 Å². The average Bonchev–Trinajstić information content (AvgIpc) is 2.37. The van der Waals surface area contributed by atoms with Crippen LogP contribution in [-0.4, -0.2) is 12.9 Å². The van der Waals surface area contributed by atoms with Crippen LogP contribution in [0.1, 0.15) is 32.1 Å². The number of alkyl halides is 3. The SMILES string of the molecule is FC(F)(F)Oc1cc(Br)ccc1NCC1CCCCC1. The second-order valence-corrected chi connectivity index (χ2v) is 5.99. The monoisotopic (exact) mass is 351 g/mol. The predicted octanol–water partition coefficient (Wildman–Crippen LogP) is 5.34. The topological polar surface area (TPSA) is 21.3 Å². The lowest BCUT2D eigenvalue weighted by Crippen LogP contribution is -2.20. The summed E-state index contributed by atoms with van der Waals surface area (Å²) in [5.41, 5.74) is 0.385. The third kappa shape index (κ3) is 4.89. The molecule has 0 aliphatic heterocycles. The predicted molar refractivity (Wildman–Crippen MR) is 75.9 cm³/mol. The van der Waals surface area contributed by atoms with Crippen LogP contribution >= 0.6 is 15.9 Å². The Hall–Kier alpha value is -0.910. The zero-order chi connectivity index (χ0) is 14.6. The highest BCUT2D eigenvalue weighted by molar-refractivity contribution is 9.10. The van der Waals surface area contributed by atoms with Gasteiger partial charge in [0.05, 0.1) is 5.69 Å². The summed E-state index contributed by atoms with van der Waals surface area (Å²) in [6.45, 7) is 0.690. The molecular formula is C14H17BrF3NO. The zero-order valence-electron chi connectivity index (χ0n) is 11.0. The summed E-state index contributed by atoms with van der Waals surface area (Å²) >= 11 is 3.16. The van der Waals surface area contributed by atoms with Crippen LogP contribution in [-0.2, 0) is 0 Å². The third-order valence-corrected chi connectivity index (χ3v) is 3.97. The van der Waals surface area contributed by atoms with E-state index in [2.05, 4.69) is 26.0 Å². The molecule has 0 spiro atoms. The van der Waals surface area contributed by atoms with E-state index in [1.807, 2.05) is 0 Å². The van der Waals surface area contributed by atoms with Crippen molar-refractivity contribution in [2.24, 2.45) is 5.92 Å². The molecule has 2 nitrogen and oxygen atoms in total. The number of ether oxygens (including phenoxy) is 1. The lowest BCUT2D eigenvalue weighted by atomic mass is 9.89. The molecule has 0 aromatic heterocycles. The zero-order valence-corrected chi connectivity index (χ0v) is 12.6. The van der Waals surface area contributed by atoms with Gasteiger partial charge in [-0.3, -0.25) is 0 Å². The van der Waals surface area contributed by atoms with Gasteiger partial charge in [-0.1, -0.05) is 35.2 Å². The molecule has 20 heavy (non-hydrogen) atoms. The van der Waals surface area contributed by atoms with Crippen LogP contribution in [0.4, 0.5) is 18.9 Å². The lowest BCUT2D eigenvalue weighted by molar-refractivity contribution is -0.274. The minimum Gasteiger partial charge on any atom is -0.404 e. The summed E-state index contributed by atoms with van der Waals surface area (Å²) in [5.74, 6) is 0.341. The fourth-order valence-electron chi connectivity index (χ4n) is 2.50. The van der Waals surface area contributed by atoms with E-state index >= 15 is 0 Å². The summed E-state index contributed by atoms with van der Waals surface area (Å²) in [5, 5.41) is 3.09. The van der Waals surface area contributed by atoms with Gasteiger partial charge in [-0.2, -0.15) is 0 Å². The number of hydrogen-bond acceptors (Lipinski definition) is 2. The Labute approximate surface area is 124 Å². The van der Waals surface area contributed by atoms with Crippen molar-refractivity contribution in [2.75, 3.05) is 11.9 Å². The molecule has 0 atom stereocenters. The van der Waals surface area contributed by atoms with Gasteiger partial charge in [-0.05, 0) is 37.0 Å². The van der Waals surface area contributed by atoms with E-state index in [0.29, 0.717) is 22.6 Å². The van der Waals surface area contributed by atoms with Gasteiger partial charge in [0, 0.05) is 11.0 Å². The van der Waals surface area contributed by atoms with Crippen molar-refractivity contribution in [3.63, 3.8) is 0 Å². The van der Waals surface area contributed by atoms with Gasteiger partial charge in [0.1, 0.15) is 0 Å². The normalized spacial score (nSPS) is 17.0. The van der Waals surface area contributed by atoms with E-state index in [4.69, 9.17) is 0 Å². The fraction of sp³-hybridized carbons (Fsp3) is 0.571. The maximum Gasteiger partial charge on any atom is 0.573 e. The van der Waals surface area contributed by atoms with Crippen LogP contribution in [0.3, 0.4) is 0 Å². The molecule has 0 heterocycles. The standard InChI is InChI=1S/C14H17BrF3NO/c15-11-6-7-12(13(8-11)20-14(16,17)18)19-9-10-4-2-1-3-5-10/h6-8,10,19H,1-5,9H2. The van der Waals surface area contributed by atoms with Gasteiger partial charge in [0.2, 0.25) is 0 Å². The molecular weight excluding hydrogens is 335 g/mol. The Morgan fingerprint density at radius 3 is 2.55 bits per heavy atom. The highest BCUT2D eigenvalue weighted by atomic mass is 79.9. The minimum absolute atomic E-state index is 0.192. The maximum atomic E-state index is 12.4. The first-order chi connectivity index (χ1) is 9.44. The minimum atomic E-state index is -4.68. The van der Waals surface area contributed by atoms with Crippen LogP contribution in [0, 0.1) is 5.92 Å². The first-order valence-electron chi connectivity index (χ1n) is 6.73. The van der Waals surface area contributed by atoms with Gasteiger partial charge in [0.25, 0.3) is 0 Å². The molecule has 1 fully saturated rings. The Bertz CT molecular complexity index is 445. The van der Waals surface area contributed by atoms with Gasteiger partial charge < -0.3 is 10.1 Å². The molecule has 1 aromatic carbocycles. The van der Waals surface area contributed by atoms with Crippen molar-refractivity contribution in [2.45, 2.75) is 38.5 Å². The number of benzene rings is 1. The molecule has 1 aliphatic rings. The molecule has 0 saturated heterocycles. The number of hydrogen-bond donors (Lipinski definition) is 1. The van der Waals surface area contributed by atoms with E-state index in [1.54, 1.807) is 12.1 Å². The van der Waals surface area contributed by atoms with Crippen LogP contribution in [0.15, 0.2) is 22.7 Å². The molecule has 2 rings (SSSR count).